The van der Waals surface area contributed by atoms with E-state index in [0.29, 0.717) is 12.2 Å². The Hall–Kier alpha value is -2.70. The Morgan fingerprint density at radius 3 is 2.95 bits per heavy atom. The largest absolute Gasteiger partial charge is 0.346 e. The van der Waals surface area contributed by atoms with E-state index in [-0.39, 0.29) is 11.9 Å². The molecule has 7 heteroatoms. The zero-order chi connectivity index (χ0) is 15.7. The Labute approximate surface area is 128 Å². The summed E-state index contributed by atoms with van der Waals surface area (Å²) in [4.78, 5) is 20.9. The molecule has 3 heterocycles. The maximum atomic E-state index is 12.5. The van der Waals surface area contributed by atoms with Crippen molar-refractivity contribution in [2.24, 2.45) is 0 Å². The molecule has 0 aliphatic carbocycles. The van der Waals surface area contributed by atoms with Crippen molar-refractivity contribution in [2.75, 3.05) is 0 Å². The molecule has 1 amide bonds. The van der Waals surface area contributed by atoms with Crippen LogP contribution in [0.5, 0.6) is 0 Å². The van der Waals surface area contributed by atoms with E-state index >= 15 is 0 Å². The third-order valence-corrected chi connectivity index (χ3v) is 3.48. The summed E-state index contributed by atoms with van der Waals surface area (Å²) in [6, 6.07) is 3.86. The molecule has 0 bridgehead atoms. The van der Waals surface area contributed by atoms with Gasteiger partial charge in [-0.15, -0.1) is 0 Å². The smallest absolute Gasteiger partial charge is 0.270 e. The average Bonchev–Trinajstić information content (AvgIpc) is 3.04. The first-order valence-electron chi connectivity index (χ1n) is 7.13. The van der Waals surface area contributed by atoms with Crippen LogP contribution in [0.3, 0.4) is 0 Å². The molecule has 0 radical (unpaired) electrons. The lowest BCUT2D eigenvalue weighted by Crippen LogP contribution is -2.36. The van der Waals surface area contributed by atoms with Gasteiger partial charge in [0, 0.05) is 12.2 Å². The molecule has 0 spiro atoms. The maximum Gasteiger partial charge on any atom is 0.270 e. The molecule has 0 aliphatic heterocycles. The predicted octanol–water partition coefficient (Wildman–Crippen LogP) is 1.36. The highest BCUT2D eigenvalue weighted by Gasteiger charge is 2.18. The highest BCUT2D eigenvalue weighted by Crippen LogP contribution is 2.13. The van der Waals surface area contributed by atoms with E-state index in [0.717, 1.165) is 16.9 Å². The highest BCUT2D eigenvalue weighted by atomic mass is 16.2. The predicted molar refractivity (Wildman–Crippen MR) is 81.6 cm³/mol. The van der Waals surface area contributed by atoms with Gasteiger partial charge in [0.25, 0.3) is 5.91 Å². The minimum Gasteiger partial charge on any atom is -0.346 e. The molecule has 1 atom stereocenters. The molecule has 0 aromatic carbocycles. The first-order chi connectivity index (χ1) is 10.5. The number of imidazole rings is 1. The van der Waals surface area contributed by atoms with Crippen LogP contribution >= 0.6 is 0 Å². The van der Waals surface area contributed by atoms with Crippen molar-refractivity contribution in [3.63, 3.8) is 0 Å². The normalized spacial score (nSPS) is 12.5. The van der Waals surface area contributed by atoms with Crippen molar-refractivity contribution in [3.8, 4) is 0 Å². The van der Waals surface area contributed by atoms with Gasteiger partial charge < -0.3 is 5.32 Å². The topological polar surface area (TPSA) is 77.1 Å². The molecule has 3 aromatic heterocycles. The van der Waals surface area contributed by atoms with Crippen LogP contribution in [0, 0.1) is 13.8 Å². The van der Waals surface area contributed by atoms with Gasteiger partial charge in [0.05, 0.1) is 12.2 Å². The number of rotatable bonds is 4. The first kappa shape index (κ1) is 14.2. The molecule has 22 heavy (non-hydrogen) atoms. The third kappa shape index (κ3) is 2.69. The zero-order valence-corrected chi connectivity index (χ0v) is 12.8. The third-order valence-electron chi connectivity index (χ3n) is 3.48. The van der Waals surface area contributed by atoms with Crippen LogP contribution in [-0.4, -0.2) is 36.1 Å². The Balaban J connectivity index is 1.81. The second-order valence-corrected chi connectivity index (χ2v) is 5.47. The van der Waals surface area contributed by atoms with E-state index in [1.165, 1.54) is 6.33 Å². The van der Waals surface area contributed by atoms with Crippen LogP contribution in [0.15, 0.2) is 31.0 Å². The lowest BCUT2D eigenvalue weighted by atomic mass is 10.2. The molecule has 0 saturated heterocycles. The first-order valence-corrected chi connectivity index (χ1v) is 7.13. The number of hydrogen-bond donors (Lipinski definition) is 1. The number of fused-ring (bicyclic) bond motifs is 1. The molecule has 0 saturated carbocycles. The van der Waals surface area contributed by atoms with E-state index < -0.39 is 0 Å². The fourth-order valence-corrected chi connectivity index (χ4v) is 2.48. The summed E-state index contributed by atoms with van der Waals surface area (Å²) in [5.74, 6) is -0.138. The molecule has 1 N–H and O–H groups in total. The van der Waals surface area contributed by atoms with Gasteiger partial charge in [-0.25, -0.2) is 9.97 Å². The number of pyridine rings is 1. The van der Waals surface area contributed by atoms with Crippen LogP contribution in [0.2, 0.25) is 0 Å². The average molecular weight is 298 g/mol. The molecule has 7 nitrogen and oxygen atoms in total. The van der Waals surface area contributed by atoms with Crippen LogP contribution in [-0.2, 0) is 6.54 Å². The number of hydrogen-bond acceptors (Lipinski definition) is 4. The quantitative estimate of drug-likeness (QED) is 0.789. The van der Waals surface area contributed by atoms with Crippen LogP contribution in [0.4, 0.5) is 0 Å². The van der Waals surface area contributed by atoms with Crippen LogP contribution in [0.1, 0.15) is 28.7 Å². The van der Waals surface area contributed by atoms with Crippen molar-refractivity contribution in [3.05, 3.63) is 47.9 Å². The summed E-state index contributed by atoms with van der Waals surface area (Å²) in [6.07, 6.45) is 4.98. The number of aromatic nitrogens is 5. The minimum atomic E-state index is -0.138. The number of amides is 1. The van der Waals surface area contributed by atoms with Gasteiger partial charge in [-0.05, 0) is 38.5 Å². The number of aryl methyl sites for hydroxylation is 2. The Kier molecular flexibility index (Phi) is 3.62. The van der Waals surface area contributed by atoms with E-state index in [1.807, 2.05) is 43.5 Å². The van der Waals surface area contributed by atoms with E-state index in [4.69, 9.17) is 0 Å². The molecule has 114 valence electrons. The van der Waals surface area contributed by atoms with Gasteiger partial charge in [0.2, 0.25) is 0 Å². The van der Waals surface area contributed by atoms with Crippen molar-refractivity contribution in [1.82, 2.24) is 29.5 Å². The van der Waals surface area contributed by atoms with Gasteiger partial charge >= 0.3 is 0 Å². The van der Waals surface area contributed by atoms with Gasteiger partial charge in [-0.2, -0.15) is 5.10 Å². The summed E-state index contributed by atoms with van der Waals surface area (Å²) < 4.78 is 3.51. The Morgan fingerprint density at radius 1 is 1.41 bits per heavy atom. The number of nitrogens with one attached hydrogen (secondary N) is 1. The molecule has 3 rings (SSSR count). The van der Waals surface area contributed by atoms with E-state index in [9.17, 15) is 4.79 Å². The van der Waals surface area contributed by atoms with Gasteiger partial charge in [-0.1, -0.05) is 0 Å². The summed E-state index contributed by atoms with van der Waals surface area (Å²) in [5, 5.41) is 7.02. The summed E-state index contributed by atoms with van der Waals surface area (Å²) >= 11 is 0. The monoisotopic (exact) mass is 298 g/mol. The molecular formula is C15H18N6O. The standard InChI is InChI=1S/C15H18N6O/c1-10-4-5-21-13(6-10)19-12(3)14(21)15(22)18-11(2)7-20-9-16-8-17-20/h4-6,8-9,11H,7H2,1-3H3,(H,18,22)/t11-/m1/s1. The summed E-state index contributed by atoms with van der Waals surface area (Å²) in [7, 11) is 0. The zero-order valence-electron chi connectivity index (χ0n) is 12.8. The molecule has 0 fully saturated rings. The molecule has 0 unspecified atom stereocenters. The van der Waals surface area contributed by atoms with Crippen LogP contribution in [0.25, 0.3) is 5.65 Å². The van der Waals surface area contributed by atoms with E-state index in [2.05, 4.69) is 20.4 Å². The van der Waals surface area contributed by atoms with E-state index in [1.54, 1.807) is 11.0 Å². The van der Waals surface area contributed by atoms with Gasteiger partial charge in [0.1, 0.15) is 24.0 Å². The second kappa shape index (κ2) is 5.59. The van der Waals surface area contributed by atoms with Crippen LogP contribution < -0.4 is 5.32 Å². The fraction of sp³-hybridized carbons (Fsp3) is 0.333. The van der Waals surface area contributed by atoms with Gasteiger partial charge in [-0.3, -0.25) is 13.9 Å². The fourth-order valence-electron chi connectivity index (χ4n) is 2.48. The lowest BCUT2D eigenvalue weighted by molar-refractivity contribution is 0.0929. The molecule has 0 aliphatic rings. The molecular weight excluding hydrogens is 280 g/mol. The Morgan fingerprint density at radius 2 is 2.23 bits per heavy atom. The maximum absolute atomic E-state index is 12.5. The van der Waals surface area contributed by atoms with Crippen molar-refractivity contribution in [1.29, 1.82) is 0 Å². The molecule has 3 aromatic rings. The SMILES string of the molecule is Cc1ccn2c(C(=O)N[C@H](C)Cn3cncn3)c(C)nc2c1. The van der Waals surface area contributed by atoms with Crippen molar-refractivity contribution < 1.29 is 4.79 Å². The number of carbonyl (C=O) groups is 1. The lowest BCUT2D eigenvalue weighted by Gasteiger charge is -2.13. The second-order valence-electron chi connectivity index (χ2n) is 5.47. The minimum absolute atomic E-state index is 0.0652. The Bertz CT molecular complexity index is 805. The summed E-state index contributed by atoms with van der Waals surface area (Å²) in [5.41, 5.74) is 3.19. The van der Waals surface area contributed by atoms with Gasteiger partial charge in [0.15, 0.2) is 0 Å². The number of carbonyl (C=O) groups excluding carboxylic acids is 1. The van der Waals surface area contributed by atoms with Crippen molar-refractivity contribution in [2.45, 2.75) is 33.4 Å². The number of nitrogens with zero attached hydrogens (tertiary/aromatic N) is 5. The highest BCUT2D eigenvalue weighted by molar-refractivity contribution is 5.94. The van der Waals surface area contributed by atoms with Crippen molar-refractivity contribution >= 4 is 11.6 Å². The summed E-state index contributed by atoms with van der Waals surface area (Å²) in [6.45, 7) is 6.35.